The van der Waals surface area contributed by atoms with Crippen molar-refractivity contribution in [1.82, 2.24) is 15.4 Å². The Bertz CT molecular complexity index is 1070. The normalized spacial score (nSPS) is 12.3. The standard InChI is InChI=1S/C19H22N3O7P.Na/c1-25-12-6-7-13(14(10-12)29-30(5,23)24)18-17(20-22-21-18)11-8-15(26-2)19(28-4)16(9-11)27-3;/h6-10H,1-5H3,(H,23,24)(H,20,21,22);/q;+1/p-1. The molecule has 0 radical (unpaired) electrons. The van der Waals surface area contributed by atoms with Crippen molar-refractivity contribution >= 4 is 7.60 Å². The molecule has 31 heavy (non-hydrogen) atoms. The number of ether oxygens (including phenoxy) is 4. The van der Waals surface area contributed by atoms with Gasteiger partial charge in [0.2, 0.25) is 5.75 Å². The van der Waals surface area contributed by atoms with Crippen molar-refractivity contribution in [3.8, 4) is 51.3 Å². The summed E-state index contributed by atoms with van der Waals surface area (Å²) in [6.07, 6.45) is 0. The third-order valence-electron chi connectivity index (χ3n) is 4.19. The summed E-state index contributed by atoms with van der Waals surface area (Å²) in [7, 11) is 1.90. The van der Waals surface area contributed by atoms with Gasteiger partial charge in [0.15, 0.2) is 19.1 Å². The zero-order valence-corrected chi connectivity index (χ0v) is 21.0. The Hall–Kier alpha value is -2.23. The van der Waals surface area contributed by atoms with Gasteiger partial charge in [0.25, 0.3) is 0 Å². The van der Waals surface area contributed by atoms with E-state index >= 15 is 0 Å². The molecule has 1 heterocycles. The van der Waals surface area contributed by atoms with Gasteiger partial charge in [-0.3, -0.25) is 4.57 Å². The number of H-pyrrole nitrogens is 1. The summed E-state index contributed by atoms with van der Waals surface area (Å²) in [6.45, 7) is 0.985. The summed E-state index contributed by atoms with van der Waals surface area (Å²) in [6, 6.07) is 8.21. The fourth-order valence-corrected chi connectivity index (χ4v) is 3.43. The second-order valence-electron chi connectivity index (χ2n) is 6.16. The molecule has 0 fully saturated rings. The third-order valence-corrected chi connectivity index (χ3v) is 4.72. The summed E-state index contributed by atoms with van der Waals surface area (Å²) in [5.41, 5.74) is 1.82. The molecule has 2 aromatic carbocycles. The van der Waals surface area contributed by atoms with Gasteiger partial charge in [-0.1, -0.05) is 0 Å². The molecule has 0 aliphatic rings. The monoisotopic (exact) mass is 457 g/mol. The molecule has 3 aromatic rings. The summed E-state index contributed by atoms with van der Waals surface area (Å²) in [5, 5.41) is 11.0. The molecular formula is C19H21N3NaO7P. The molecule has 160 valence electrons. The predicted octanol–water partition coefficient (Wildman–Crippen LogP) is -0.261. The molecule has 1 unspecified atom stereocenters. The van der Waals surface area contributed by atoms with Crippen LogP contribution < -0.4 is 57.9 Å². The van der Waals surface area contributed by atoms with Crippen molar-refractivity contribution in [2.75, 3.05) is 35.1 Å². The van der Waals surface area contributed by atoms with Gasteiger partial charge in [-0.15, -0.1) is 0 Å². The van der Waals surface area contributed by atoms with E-state index in [2.05, 4.69) is 15.4 Å². The number of aromatic nitrogens is 3. The van der Waals surface area contributed by atoms with Crippen LogP contribution in [0, 0.1) is 0 Å². The van der Waals surface area contributed by atoms with Crippen molar-refractivity contribution in [3.63, 3.8) is 0 Å². The van der Waals surface area contributed by atoms with Crippen LogP contribution in [-0.2, 0) is 4.57 Å². The molecule has 0 saturated heterocycles. The van der Waals surface area contributed by atoms with Crippen molar-refractivity contribution in [2.45, 2.75) is 0 Å². The molecule has 0 bridgehead atoms. The Kier molecular flexibility index (Phi) is 8.39. The second kappa shape index (κ2) is 10.4. The van der Waals surface area contributed by atoms with Crippen molar-refractivity contribution < 1.29 is 62.5 Å². The molecule has 1 N–H and O–H groups in total. The van der Waals surface area contributed by atoms with E-state index in [-0.39, 0.29) is 35.3 Å². The number of benzene rings is 2. The number of methoxy groups -OCH3 is 4. The van der Waals surface area contributed by atoms with Crippen LogP contribution in [0.4, 0.5) is 0 Å². The first-order valence-electron chi connectivity index (χ1n) is 8.69. The molecule has 0 aliphatic carbocycles. The molecule has 1 aromatic heterocycles. The summed E-state index contributed by atoms with van der Waals surface area (Å²) in [5.74, 6) is 1.80. The van der Waals surface area contributed by atoms with Crippen LogP contribution in [0.3, 0.4) is 0 Å². The Labute approximate surface area is 201 Å². The average molecular weight is 457 g/mol. The van der Waals surface area contributed by atoms with E-state index in [9.17, 15) is 9.46 Å². The summed E-state index contributed by atoms with van der Waals surface area (Å²) < 4.78 is 38.3. The molecule has 0 amide bonds. The summed E-state index contributed by atoms with van der Waals surface area (Å²) in [4.78, 5) is 11.8. The Balaban J connectivity index is 0.00000341. The van der Waals surface area contributed by atoms with Gasteiger partial charge >= 0.3 is 29.6 Å². The average Bonchev–Trinajstić information content (AvgIpc) is 3.20. The van der Waals surface area contributed by atoms with Gasteiger partial charge in [-0.05, 0) is 24.3 Å². The van der Waals surface area contributed by atoms with E-state index in [0.717, 1.165) is 6.66 Å². The number of hydrogen-bond donors (Lipinski definition) is 1. The number of nitrogens with one attached hydrogen (secondary N) is 1. The van der Waals surface area contributed by atoms with E-state index in [0.29, 0.717) is 45.5 Å². The van der Waals surface area contributed by atoms with Crippen molar-refractivity contribution in [2.24, 2.45) is 0 Å². The Morgan fingerprint density at radius 2 is 1.48 bits per heavy atom. The Morgan fingerprint density at radius 3 is 2.00 bits per heavy atom. The Morgan fingerprint density at radius 1 is 0.871 bits per heavy atom. The first-order valence-corrected chi connectivity index (χ1v) is 10.7. The second-order valence-corrected chi connectivity index (χ2v) is 7.88. The van der Waals surface area contributed by atoms with Gasteiger partial charge in [0.05, 0.1) is 28.4 Å². The van der Waals surface area contributed by atoms with E-state index in [4.69, 9.17) is 23.5 Å². The van der Waals surface area contributed by atoms with Gasteiger partial charge in [0.1, 0.15) is 22.9 Å². The molecular weight excluding hydrogens is 436 g/mol. The molecule has 3 rings (SSSR count). The quantitative estimate of drug-likeness (QED) is 0.359. The maximum absolute atomic E-state index is 11.8. The first kappa shape index (κ1) is 25.0. The number of hydrogen-bond acceptors (Lipinski definition) is 9. The van der Waals surface area contributed by atoms with Gasteiger partial charge in [-0.25, -0.2) is 0 Å². The van der Waals surface area contributed by atoms with Crippen molar-refractivity contribution in [1.29, 1.82) is 0 Å². The number of aromatic amines is 1. The van der Waals surface area contributed by atoms with Crippen LogP contribution in [0.25, 0.3) is 22.5 Å². The van der Waals surface area contributed by atoms with Crippen LogP contribution >= 0.6 is 7.60 Å². The number of rotatable bonds is 8. The minimum absolute atomic E-state index is 0. The minimum Gasteiger partial charge on any atom is -0.769 e. The smallest absolute Gasteiger partial charge is 0.769 e. The zero-order chi connectivity index (χ0) is 21.9. The van der Waals surface area contributed by atoms with Gasteiger partial charge < -0.3 is 28.4 Å². The predicted molar refractivity (Wildman–Crippen MR) is 108 cm³/mol. The fraction of sp³-hybridized carbons (Fsp3) is 0.263. The van der Waals surface area contributed by atoms with Gasteiger partial charge in [0, 0.05) is 23.9 Å². The fourth-order valence-electron chi connectivity index (χ4n) is 2.92. The topological polar surface area (TPSA) is 128 Å². The minimum atomic E-state index is -4.09. The van der Waals surface area contributed by atoms with E-state index in [1.54, 1.807) is 24.3 Å². The van der Waals surface area contributed by atoms with Crippen LogP contribution in [0.5, 0.6) is 28.7 Å². The van der Waals surface area contributed by atoms with Crippen molar-refractivity contribution in [3.05, 3.63) is 30.3 Å². The maximum atomic E-state index is 11.8. The van der Waals surface area contributed by atoms with Crippen LogP contribution in [0.1, 0.15) is 0 Å². The molecule has 1 atom stereocenters. The van der Waals surface area contributed by atoms with E-state index in [1.165, 1.54) is 34.5 Å². The first-order chi connectivity index (χ1) is 14.3. The molecule has 0 saturated carbocycles. The van der Waals surface area contributed by atoms with Crippen LogP contribution in [0.15, 0.2) is 30.3 Å². The third kappa shape index (κ3) is 5.53. The molecule has 0 spiro atoms. The molecule has 10 nitrogen and oxygen atoms in total. The largest absolute Gasteiger partial charge is 1.00 e. The van der Waals surface area contributed by atoms with Gasteiger partial charge in [-0.2, -0.15) is 15.4 Å². The zero-order valence-electron chi connectivity index (χ0n) is 18.1. The molecule has 12 heteroatoms. The maximum Gasteiger partial charge on any atom is 1.00 e. The van der Waals surface area contributed by atoms with E-state index in [1.807, 2.05) is 0 Å². The van der Waals surface area contributed by atoms with Crippen LogP contribution in [-0.4, -0.2) is 50.5 Å². The van der Waals surface area contributed by atoms with Crippen LogP contribution in [0.2, 0.25) is 0 Å². The SMILES string of the molecule is COc1ccc(-c2n[nH]nc2-c2cc(OC)c(OC)c(OC)c2)c(OP(C)(=O)[O-])c1.[Na+]. The molecule has 0 aliphatic heterocycles. The van der Waals surface area contributed by atoms with E-state index < -0.39 is 7.60 Å². The summed E-state index contributed by atoms with van der Waals surface area (Å²) >= 11 is 0. The number of nitrogens with zero attached hydrogens (tertiary/aromatic N) is 2.